The molecule has 0 aromatic carbocycles. The standard InChI is InChI=1S/C50H80O23/c1-19-7-10-50(65-17-19)20(2)32-28(73-50)12-24-22-6-5-21-11-27(25(54)13-49(21,4)23(22)8-9-48(24,32)3)66-45-40(63)37(60)41(31(16-53)69-45)70-47-43(72-46-39(62)36(59)34(57)29(14-51)67-46)42(35(58)30(15-52)68-47)71-44-38(61)33(56)26(55)18-64-44/h5,19-20,22-47,51-63H,6-18H2,1-4H3/t19-,20+,22?,23?,24?,25-,26-,27-,28+,29-,30-,31-,32?,33+,34-,35-,36+,37-,38-,39-,40-,41+,42+,43-,44+,45-,46+,47+,48+,49+,50-/m1/s1. The molecule has 1 spiro atoms. The van der Waals surface area contributed by atoms with E-state index in [2.05, 4.69) is 33.8 Å². The van der Waals surface area contributed by atoms with Gasteiger partial charge in [-0.15, -0.1) is 0 Å². The summed E-state index contributed by atoms with van der Waals surface area (Å²) in [6, 6.07) is 0. The molecule has 0 amide bonds. The molecule has 6 heterocycles. The molecule has 3 saturated carbocycles. The van der Waals surface area contributed by atoms with Crippen molar-refractivity contribution in [3.8, 4) is 0 Å². The summed E-state index contributed by atoms with van der Waals surface area (Å²) in [5, 5.41) is 141. The molecule has 23 nitrogen and oxygen atoms in total. The Balaban J connectivity index is 0.837. The third-order valence-electron chi connectivity index (χ3n) is 19.5. The van der Waals surface area contributed by atoms with Gasteiger partial charge < -0.3 is 114 Å². The zero-order valence-corrected chi connectivity index (χ0v) is 41.8. The second-order valence-corrected chi connectivity index (χ2v) is 23.6. The van der Waals surface area contributed by atoms with Crippen molar-refractivity contribution in [2.24, 2.45) is 46.3 Å². The number of hydrogen-bond acceptors (Lipinski definition) is 23. The lowest BCUT2D eigenvalue weighted by Gasteiger charge is -2.59. The summed E-state index contributed by atoms with van der Waals surface area (Å²) in [4.78, 5) is 0. The molecule has 6 saturated heterocycles. The van der Waals surface area contributed by atoms with Crippen LogP contribution >= 0.6 is 0 Å². The average Bonchev–Trinajstić information content (AvgIpc) is 3.82. The molecule has 9 fully saturated rings. The zero-order valence-electron chi connectivity index (χ0n) is 41.8. The van der Waals surface area contributed by atoms with Crippen LogP contribution in [0.5, 0.6) is 0 Å². The van der Waals surface area contributed by atoms with Gasteiger partial charge in [-0.25, -0.2) is 0 Å². The van der Waals surface area contributed by atoms with Crippen LogP contribution in [-0.4, -0.2) is 240 Å². The van der Waals surface area contributed by atoms with Crippen LogP contribution in [0.15, 0.2) is 11.6 Å². The SMILES string of the molecule is C[C@@H]1CC[C@@]2(OC1)O[C@H]1CC3C4CC=C5C[C@@H](O[C@@H]6O[C@H](CO)[C@H](O[C@@H]7O[C@H](CO)[C@@H](O)[C@H](O[C@@H]8OC[C@@H](O)[C@H](O)[C@H]8O)[C@H]7O[C@@H]7O[C@H](CO)[C@@H](O)[C@H](O)[C@H]7O)[C@H](O)[C@H]6O)[C@H](O)C[C@]5(C)C4CC[C@]3(C)C1[C@@H]2C. The summed E-state index contributed by atoms with van der Waals surface area (Å²) < 4.78 is 61.0. The molecule has 0 bridgehead atoms. The van der Waals surface area contributed by atoms with Gasteiger partial charge in [0, 0.05) is 12.3 Å². The van der Waals surface area contributed by atoms with Crippen molar-refractivity contribution >= 4 is 0 Å². The van der Waals surface area contributed by atoms with E-state index < -0.39 is 161 Å². The highest BCUT2D eigenvalue weighted by Gasteiger charge is 2.69. The van der Waals surface area contributed by atoms with Crippen LogP contribution in [0.1, 0.15) is 79.1 Å². The smallest absolute Gasteiger partial charge is 0.187 e. The van der Waals surface area contributed by atoms with Crippen molar-refractivity contribution < 1.29 is 114 Å². The van der Waals surface area contributed by atoms with Crippen molar-refractivity contribution in [3.63, 3.8) is 0 Å². The van der Waals surface area contributed by atoms with Gasteiger partial charge in [0.1, 0.15) is 91.6 Å². The molecule has 418 valence electrons. The normalized spacial score (nSPS) is 57.1. The highest BCUT2D eigenvalue weighted by Crippen LogP contribution is 2.71. The highest BCUT2D eigenvalue weighted by atomic mass is 16.8. The van der Waals surface area contributed by atoms with Gasteiger partial charge >= 0.3 is 0 Å². The molecule has 4 unspecified atom stereocenters. The van der Waals surface area contributed by atoms with Crippen LogP contribution in [0.2, 0.25) is 0 Å². The van der Waals surface area contributed by atoms with E-state index in [1.165, 1.54) is 0 Å². The molecule has 0 aromatic heterocycles. The molecule has 31 atom stereocenters. The Bertz CT molecular complexity index is 1920. The Morgan fingerprint density at radius 3 is 1.93 bits per heavy atom. The number of rotatable bonds is 11. The molecule has 10 rings (SSSR count). The fourth-order valence-corrected chi connectivity index (χ4v) is 15.3. The summed E-state index contributed by atoms with van der Waals surface area (Å²) in [5.41, 5.74) is 0.927. The first-order valence-corrected chi connectivity index (χ1v) is 26.5. The van der Waals surface area contributed by atoms with Gasteiger partial charge in [-0.05, 0) is 85.4 Å². The first-order valence-electron chi connectivity index (χ1n) is 26.5. The maximum atomic E-state index is 11.9. The number of aliphatic hydroxyl groups is 13. The fraction of sp³-hybridized carbons (Fsp3) is 0.960. The maximum absolute atomic E-state index is 11.9. The second-order valence-electron chi connectivity index (χ2n) is 23.6. The first kappa shape index (κ1) is 55.1. The number of fused-ring (bicyclic) bond motifs is 7. The molecule has 13 N–H and O–H groups in total. The Labute approximate surface area is 423 Å². The topological polar surface area (TPSA) is 355 Å². The van der Waals surface area contributed by atoms with Gasteiger partial charge in [-0.1, -0.05) is 39.3 Å². The van der Waals surface area contributed by atoms with E-state index in [4.69, 9.17) is 47.4 Å². The van der Waals surface area contributed by atoms with Crippen LogP contribution in [0, 0.1) is 46.3 Å². The Morgan fingerprint density at radius 1 is 0.603 bits per heavy atom. The molecule has 0 aromatic rings. The van der Waals surface area contributed by atoms with Crippen molar-refractivity contribution in [3.05, 3.63) is 11.6 Å². The zero-order chi connectivity index (χ0) is 52.2. The summed E-state index contributed by atoms with van der Waals surface area (Å²) in [5.74, 6) is 1.91. The Hall–Kier alpha value is -1.18. The van der Waals surface area contributed by atoms with E-state index in [1.54, 1.807) is 0 Å². The van der Waals surface area contributed by atoms with Crippen LogP contribution in [0.3, 0.4) is 0 Å². The lowest BCUT2D eigenvalue weighted by molar-refractivity contribution is -0.404. The van der Waals surface area contributed by atoms with E-state index in [1.807, 2.05) is 0 Å². The minimum absolute atomic E-state index is 0.101. The predicted octanol–water partition coefficient (Wildman–Crippen LogP) is -3.38. The third kappa shape index (κ3) is 9.41. The van der Waals surface area contributed by atoms with Gasteiger partial charge in [0.2, 0.25) is 0 Å². The maximum Gasteiger partial charge on any atom is 0.187 e. The van der Waals surface area contributed by atoms with Gasteiger partial charge in [0.25, 0.3) is 0 Å². The van der Waals surface area contributed by atoms with E-state index >= 15 is 0 Å². The van der Waals surface area contributed by atoms with Crippen molar-refractivity contribution in [1.29, 1.82) is 0 Å². The summed E-state index contributed by atoms with van der Waals surface area (Å²) in [6.45, 7) is 6.89. The fourth-order valence-electron chi connectivity index (χ4n) is 15.3. The van der Waals surface area contributed by atoms with E-state index in [0.717, 1.165) is 50.7 Å². The van der Waals surface area contributed by atoms with Gasteiger partial charge in [0.05, 0.1) is 51.3 Å². The monoisotopic (exact) mass is 1050 g/mol. The third-order valence-corrected chi connectivity index (χ3v) is 19.5. The van der Waals surface area contributed by atoms with Crippen molar-refractivity contribution in [2.45, 2.75) is 220 Å². The summed E-state index contributed by atoms with van der Waals surface area (Å²) >= 11 is 0. The average molecular weight is 1050 g/mol. The summed E-state index contributed by atoms with van der Waals surface area (Å²) in [7, 11) is 0. The minimum Gasteiger partial charge on any atom is -0.394 e. The molecular weight excluding hydrogens is 969 g/mol. The predicted molar refractivity (Wildman–Crippen MR) is 244 cm³/mol. The van der Waals surface area contributed by atoms with Gasteiger partial charge in [-0.3, -0.25) is 0 Å². The number of allylic oxidation sites excluding steroid dienone is 1. The molecule has 73 heavy (non-hydrogen) atoms. The van der Waals surface area contributed by atoms with Crippen LogP contribution < -0.4 is 0 Å². The van der Waals surface area contributed by atoms with Gasteiger partial charge in [0.15, 0.2) is 30.9 Å². The quantitative estimate of drug-likeness (QED) is 0.0898. The summed E-state index contributed by atoms with van der Waals surface area (Å²) in [6.07, 6.45) is -26.6. The molecule has 4 aliphatic carbocycles. The molecular formula is C50H80O23. The Morgan fingerprint density at radius 2 is 1.23 bits per heavy atom. The van der Waals surface area contributed by atoms with Crippen LogP contribution in [-0.2, 0) is 47.4 Å². The number of hydrogen-bond donors (Lipinski definition) is 13. The lowest BCUT2D eigenvalue weighted by atomic mass is 9.46. The van der Waals surface area contributed by atoms with Crippen LogP contribution in [0.25, 0.3) is 0 Å². The molecule has 23 heteroatoms. The second kappa shape index (κ2) is 21.1. The van der Waals surface area contributed by atoms with Crippen molar-refractivity contribution in [2.75, 3.05) is 33.0 Å². The highest BCUT2D eigenvalue weighted by molar-refractivity contribution is 5.27. The van der Waals surface area contributed by atoms with Crippen LogP contribution in [0.4, 0.5) is 0 Å². The van der Waals surface area contributed by atoms with Crippen molar-refractivity contribution in [1.82, 2.24) is 0 Å². The van der Waals surface area contributed by atoms with E-state index in [-0.39, 0.29) is 16.9 Å². The molecule has 6 aliphatic heterocycles. The van der Waals surface area contributed by atoms with Gasteiger partial charge in [-0.2, -0.15) is 0 Å². The lowest BCUT2D eigenvalue weighted by Crippen LogP contribution is -2.68. The molecule has 0 radical (unpaired) electrons. The van der Waals surface area contributed by atoms with E-state index in [9.17, 15) is 66.4 Å². The minimum atomic E-state index is -2.02. The number of aliphatic hydroxyl groups excluding tert-OH is 13. The largest absolute Gasteiger partial charge is 0.394 e. The number of ether oxygens (including phenoxy) is 10. The van der Waals surface area contributed by atoms with E-state index in [0.29, 0.717) is 48.3 Å². The Kier molecular flexibility index (Phi) is 16.0. The molecule has 10 aliphatic rings. The first-order chi connectivity index (χ1) is 34.7.